The van der Waals surface area contributed by atoms with E-state index in [0.717, 1.165) is 30.6 Å². The van der Waals surface area contributed by atoms with E-state index in [2.05, 4.69) is 0 Å². The summed E-state index contributed by atoms with van der Waals surface area (Å²) in [4.78, 5) is 10.5. The van der Waals surface area contributed by atoms with Crippen molar-refractivity contribution in [2.45, 2.75) is 44.3 Å². The second-order valence-electron chi connectivity index (χ2n) is 4.77. The first-order valence-corrected chi connectivity index (χ1v) is 6.29. The molecule has 1 aromatic rings. The molecule has 0 saturated heterocycles. The molecular formula is C14H18O4. The minimum absolute atomic E-state index is 0.0302. The maximum absolute atomic E-state index is 10.5. The van der Waals surface area contributed by atoms with Crippen molar-refractivity contribution in [2.75, 3.05) is 0 Å². The lowest BCUT2D eigenvalue weighted by molar-refractivity contribution is -0.136. The van der Waals surface area contributed by atoms with Gasteiger partial charge in [0.2, 0.25) is 0 Å². The van der Waals surface area contributed by atoms with E-state index in [4.69, 9.17) is 9.84 Å². The predicted octanol–water partition coefficient (Wildman–Crippen LogP) is 2.00. The van der Waals surface area contributed by atoms with Crippen molar-refractivity contribution in [3.05, 3.63) is 29.8 Å². The number of benzene rings is 1. The lowest BCUT2D eigenvalue weighted by atomic mass is 9.95. The van der Waals surface area contributed by atoms with E-state index in [9.17, 15) is 9.90 Å². The number of aliphatic hydroxyl groups excluding tert-OH is 1. The average Bonchev–Trinajstić information content (AvgIpc) is 2.31. The molecule has 2 N–H and O–H groups in total. The molecule has 1 aromatic carbocycles. The van der Waals surface area contributed by atoms with Gasteiger partial charge in [0.1, 0.15) is 11.9 Å². The zero-order chi connectivity index (χ0) is 13.0. The highest BCUT2D eigenvalue weighted by atomic mass is 16.5. The molecule has 2 atom stereocenters. The van der Waals surface area contributed by atoms with Crippen molar-refractivity contribution >= 4 is 5.97 Å². The van der Waals surface area contributed by atoms with Gasteiger partial charge in [-0.15, -0.1) is 0 Å². The van der Waals surface area contributed by atoms with E-state index < -0.39 is 5.97 Å². The summed E-state index contributed by atoms with van der Waals surface area (Å²) in [5, 5.41) is 18.2. The van der Waals surface area contributed by atoms with Crippen LogP contribution in [-0.2, 0) is 11.2 Å². The van der Waals surface area contributed by atoms with Crippen LogP contribution in [0, 0.1) is 0 Å². The minimum Gasteiger partial charge on any atom is -0.490 e. The second-order valence-corrected chi connectivity index (χ2v) is 4.77. The van der Waals surface area contributed by atoms with E-state index in [0.29, 0.717) is 6.42 Å². The van der Waals surface area contributed by atoms with Crippen molar-refractivity contribution < 1.29 is 19.7 Å². The van der Waals surface area contributed by atoms with Gasteiger partial charge in [0, 0.05) is 6.42 Å². The molecule has 4 heteroatoms. The summed E-state index contributed by atoms with van der Waals surface area (Å²) in [6, 6.07) is 7.12. The Morgan fingerprint density at radius 2 is 2.00 bits per heavy atom. The molecule has 0 aromatic heterocycles. The third-order valence-electron chi connectivity index (χ3n) is 3.18. The molecule has 0 amide bonds. The maximum Gasteiger partial charge on any atom is 0.307 e. The largest absolute Gasteiger partial charge is 0.490 e. The summed E-state index contributed by atoms with van der Waals surface area (Å²) < 4.78 is 5.78. The normalized spacial score (nSPS) is 23.6. The fraction of sp³-hybridized carbons (Fsp3) is 0.500. The Bertz CT molecular complexity index is 399. The summed E-state index contributed by atoms with van der Waals surface area (Å²) >= 11 is 0. The van der Waals surface area contributed by atoms with Crippen LogP contribution in [0.5, 0.6) is 5.75 Å². The van der Waals surface area contributed by atoms with Gasteiger partial charge < -0.3 is 14.9 Å². The van der Waals surface area contributed by atoms with Crippen molar-refractivity contribution in [2.24, 2.45) is 0 Å². The highest BCUT2D eigenvalue weighted by Crippen LogP contribution is 2.24. The minimum atomic E-state index is -0.834. The number of carbonyl (C=O) groups is 1. The topological polar surface area (TPSA) is 66.8 Å². The molecule has 1 fully saturated rings. The Morgan fingerprint density at radius 1 is 1.28 bits per heavy atom. The monoisotopic (exact) mass is 250 g/mol. The third-order valence-corrected chi connectivity index (χ3v) is 3.18. The first-order chi connectivity index (χ1) is 8.63. The molecule has 1 saturated carbocycles. The molecule has 0 aliphatic heterocycles. The summed E-state index contributed by atoms with van der Waals surface area (Å²) in [6.07, 6.45) is 3.34. The molecule has 2 rings (SSSR count). The molecule has 18 heavy (non-hydrogen) atoms. The third kappa shape index (κ3) is 3.74. The smallest absolute Gasteiger partial charge is 0.307 e. The lowest BCUT2D eigenvalue weighted by Crippen LogP contribution is -2.28. The van der Waals surface area contributed by atoms with Gasteiger partial charge in [-0.2, -0.15) is 0 Å². The Kier molecular flexibility index (Phi) is 4.20. The van der Waals surface area contributed by atoms with E-state index in [1.807, 2.05) is 0 Å². The Labute approximate surface area is 106 Å². The van der Waals surface area contributed by atoms with Crippen LogP contribution in [-0.4, -0.2) is 28.4 Å². The van der Waals surface area contributed by atoms with Gasteiger partial charge in [-0.25, -0.2) is 0 Å². The first kappa shape index (κ1) is 12.9. The number of rotatable bonds is 4. The zero-order valence-electron chi connectivity index (χ0n) is 10.2. The Balaban J connectivity index is 1.91. The van der Waals surface area contributed by atoms with Crippen LogP contribution in [0.3, 0.4) is 0 Å². The molecule has 1 aliphatic carbocycles. The molecule has 0 heterocycles. The van der Waals surface area contributed by atoms with Crippen LogP contribution < -0.4 is 4.74 Å². The van der Waals surface area contributed by atoms with Gasteiger partial charge in [-0.05, 0) is 37.0 Å². The van der Waals surface area contributed by atoms with Crippen LogP contribution in [0.4, 0.5) is 0 Å². The van der Waals surface area contributed by atoms with Crippen LogP contribution in [0.1, 0.15) is 31.2 Å². The van der Waals surface area contributed by atoms with Crippen LogP contribution in [0.15, 0.2) is 24.3 Å². The molecule has 0 radical (unpaired) electrons. The van der Waals surface area contributed by atoms with Gasteiger partial charge in [-0.1, -0.05) is 12.1 Å². The van der Waals surface area contributed by atoms with E-state index >= 15 is 0 Å². The van der Waals surface area contributed by atoms with Crippen molar-refractivity contribution in [1.29, 1.82) is 0 Å². The number of aliphatic carboxylic acids is 1. The summed E-state index contributed by atoms with van der Waals surface area (Å²) in [6.45, 7) is 0. The number of hydrogen-bond donors (Lipinski definition) is 2. The van der Waals surface area contributed by atoms with Crippen LogP contribution >= 0.6 is 0 Å². The standard InChI is InChI=1S/C14H18O4/c15-11-2-1-3-13(9-11)18-12-6-4-10(5-7-12)8-14(16)17/h4-7,11,13,15H,1-3,8-9H2,(H,16,17). The van der Waals surface area contributed by atoms with E-state index in [-0.39, 0.29) is 18.6 Å². The van der Waals surface area contributed by atoms with Crippen molar-refractivity contribution in [3.63, 3.8) is 0 Å². The maximum atomic E-state index is 10.5. The average molecular weight is 250 g/mol. The van der Waals surface area contributed by atoms with E-state index in [1.165, 1.54) is 0 Å². The lowest BCUT2D eigenvalue weighted by Gasteiger charge is -2.26. The van der Waals surface area contributed by atoms with Gasteiger partial charge in [0.25, 0.3) is 0 Å². The molecule has 0 spiro atoms. The van der Waals surface area contributed by atoms with Crippen molar-refractivity contribution in [1.82, 2.24) is 0 Å². The summed E-state index contributed by atoms with van der Waals surface area (Å²) in [5.41, 5.74) is 0.763. The van der Waals surface area contributed by atoms with Crippen LogP contribution in [0.25, 0.3) is 0 Å². The fourth-order valence-electron chi connectivity index (χ4n) is 2.28. The molecule has 1 aliphatic rings. The summed E-state index contributed by atoms with van der Waals surface area (Å²) in [7, 11) is 0. The number of ether oxygens (including phenoxy) is 1. The number of carboxylic acids is 1. The zero-order valence-corrected chi connectivity index (χ0v) is 10.2. The van der Waals surface area contributed by atoms with Gasteiger partial charge >= 0.3 is 5.97 Å². The van der Waals surface area contributed by atoms with Crippen LogP contribution in [0.2, 0.25) is 0 Å². The first-order valence-electron chi connectivity index (χ1n) is 6.29. The summed E-state index contributed by atoms with van der Waals surface area (Å²) in [5.74, 6) is -0.0951. The quantitative estimate of drug-likeness (QED) is 0.857. The Hall–Kier alpha value is -1.55. The van der Waals surface area contributed by atoms with Gasteiger partial charge in [-0.3, -0.25) is 4.79 Å². The highest BCUT2D eigenvalue weighted by molar-refractivity contribution is 5.70. The predicted molar refractivity (Wildman–Crippen MR) is 66.7 cm³/mol. The molecule has 2 unspecified atom stereocenters. The van der Waals surface area contributed by atoms with Gasteiger partial charge in [0.05, 0.1) is 12.5 Å². The highest BCUT2D eigenvalue weighted by Gasteiger charge is 2.21. The molecular weight excluding hydrogens is 232 g/mol. The second kappa shape index (κ2) is 5.87. The number of carboxylic acid groups (broad SMARTS) is 1. The van der Waals surface area contributed by atoms with Crippen molar-refractivity contribution in [3.8, 4) is 5.75 Å². The number of hydrogen-bond acceptors (Lipinski definition) is 3. The fourth-order valence-corrected chi connectivity index (χ4v) is 2.28. The SMILES string of the molecule is O=C(O)Cc1ccc(OC2CCCC(O)C2)cc1. The molecule has 4 nitrogen and oxygen atoms in total. The Morgan fingerprint density at radius 3 is 2.61 bits per heavy atom. The van der Waals surface area contributed by atoms with Gasteiger partial charge in [0.15, 0.2) is 0 Å². The molecule has 0 bridgehead atoms. The number of aliphatic hydroxyl groups is 1. The van der Waals surface area contributed by atoms with E-state index in [1.54, 1.807) is 24.3 Å². The molecule has 98 valence electrons.